The minimum atomic E-state index is -0.424. The van der Waals surface area contributed by atoms with Crippen LogP contribution in [-0.4, -0.2) is 9.13 Å². The molecule has 318 valence electrons. The van der Waals surface area contributed by atoms with Crippen molar-refractivity contribution < 1.29 is 0 Å². The summed E-state index contributed by atoms with van der Waals surface area (Å²) < 4.78 is 5.03. The molecule has 12 aromatic rings. The maximum absolute atomic E-state index is 2.52. The summed E-state index contributed by atoms with van der Waals surface area (Å²) in [7, 11) is 0. The van der Waals surface area contributed by atoms with Gasteiger partial charge in [-0.1, -0.05) is 171 Å². The fraction of sp³-hybridized carbons (Fsp3) is 0.0606. The van der Waals surface area contributed by atoms with E-state index in [1.165, 1.54) is 133 Å². The van der Waals surface area contributed by atoms with Gasteiger partial charge in [0.1, 0.15) is 0 Å². The minimum absolute atomic E-state index is 0.382. The molecule has 2 nitrogen and oxygen atoms in total. The lowest BCUT2D eigenvalue weighted by Crippen LogP contribution is -2.33. The number of hydrogen-bond donors (Lipinski definition) is 0. The molecule has 0 bridgehead atoms. The molecular weight excluding hydrogens is 821 g/mol. The molecule has 0 N–H and O–H groups in total. The Morgan fingerprint density at radius 1 is 0.426 bits per heavy atom. The smallest absolute Gasteiger partial charge is 0.0679 e. The molecule has 10 aromatic carbocycles. The highest BCUT2D eigenvalue weighted by Gasteiger charge is 2.48. The van der Waals surface area contributed by atoms with Gasteiger partial charge in [-0.2, -0.15) is 0 Å². The van der Waals surface area contributed by atoms with Gasteiger partial charge in [0.2, 0.25) is 0 Å². The monoisotopic (exact) mass is 864 g/mol. The van der Waals surface area contributed by atoms with Crippen LogP contribution in [-0.2, 0) is 5.41 Å². The number of fused-ring (bicyclic) bond motifs is 15. The van der Waals surface area contributed by atoms with Crippen molar-refractivity contribution in [1.82, 2.24) is 9.13 Å². The van der Waals surface area contributed by atoms with Crippen molar-refractivity contribution in [1.29, 1.82) is 0 Å². The first kappa shape index (κ1) is 37.7. The first-order valence-electron chi connectivity index (χ1n) is 24.1. The molecule has 1 aliphatic heterocycles. The van der Waals surface area contributed by atoms with Gasteiger partial charge in [-0.15, -0.1) is 0 Å². The standard InChI is InChI=1S/C66H44N2/c1-41-17-5-12-26-58(41)66(46-20-3-2-4-21-46)59-27-13-8-22-48(59)49-33-32-47(40-60(49)66)67-61-28-14-10-24-51(61)55-37-44(31-34-64(55)67)45-38-56-52-25-11-16-30-63(52)68-62-29-15-9-23-50(62)53-35-42-18-6-7-19-43(42)36-54(53)57(39-45)65(56)68/h2-16,18-41H,17H2,1H3. The van der Waals surface area contributed by atoms with Gasteiger partial charge in [0.05, 0.1) is 33.2 Å². The predicted molar refractivity (Wildman–Crippen MR) is 285 cm³/mol. The van der Waals surface area contributed by atoms with E-state index in [0.717, 1.165) is 6.42 Å². The molecule has 0 fully saturated rings. The average Bonchev–Trinajstić information content (AvgIpc) is 3.99. The van der Waals surface area contributed by atoms with Crippen molar-refractivity contribution in [2.24, 2.45) is 5.92 Å². The largest absolute Gasteiger partial charge is 0.309 e. The number of nitrogens with zero attached hydrogens (tertiary/aromatic N) is 2. The predicted octanol–water partition coefficient (Wildman–Crippen LogP) is 17.2. The van der Waals surface area contributed by atoms with Gasteiger partial charge in [0, 0.05) is 38.4 Å². The summed E-state index contributed by atoms with van der Waals surface area (Å²) >= 11 is 0. The summed E-state index contributed by atoms with van der Waals surface area (Å²) in [6.45, 7) is 2.40. The lowest BCUT2D eigenvalue weighted by Gasteiger charge is -2.39. The number of benzene rings is 10. The fourth-order valence-electron chi connectivity index (χ4n) is 12.9. The van der Waals surface area contributed by atoms with Crippen LogP contribution < -0.4 is 0 Å². The first-order chi connectivity index (χ1) is 33.6. The molecule has 0 amide bonds. The van der Waals surface area contributed by atoms with Crippen LogP contribution in [0.5, 0.6) is 0 Å². The first-order valence-corrected chi connectivity index (χ1v) is 24.1. The van der Waals surface area contributed by atoms with Gasteiger partial charge < -0.3 is 9.13 Å². The van der Waals surface area contributed by atoms with E-state index in [9.17, 15) is 0 Å². The Hall–Kier alpha value is -8.46. The zero-order chi connectivity index (χ0) is 44.7. The SMILES string of the molecule is CC1CC=CC=C1C1(c2ccccc2)c2ccccc2-c2ccc(-n3c4ccccc4c4cc(-c5cc6c7c(c5)c5ccccc5n7-c5ccccc5-c5cc7ccccc7cc5-6)ccc43)cc21. The van der Waals surface area contributed by atoms with Crippen LogP contribution in [0, 0.1) is 5.92 Å². The number of allylic oxidation sites excluding steroid dienone is 4. The maximum Gasteiger partial charge on any atom is 0.0679 e. The van der Waals surface area contributed by atoms with Crippen molar-refractivity contribution >= 4 is 54.4 Å². The zero-order valence-electron chi connectivity index (χ0n) is 37.6. The average molecular weight is 865 g/mol. The Morgan fingerprint density at radius 3 is 1.87 bits per heavy atom. The van der Waals surface area contributed by atoms with Crippen LogP contribution in [0.25, 0.3) is 110 Å². The van der Waals surface area contributed by atoms with Gasteiger partial charge in [-0.05, 0) is 145 Å². The summed E-state index contributed by atoms with van der Waals surface area (Å²) in [6, 6.07) is 80.2. The Balaban J connectivity index is 0.970. The van der Waals surface area contributed by atoms with E-state index in [1.807, 2.05) is 0 Å². The Bertz CT molecular complexity index is 4190. The van der Waals surface area contributed by atoms with E-state index in [4.69, 9.17) is 0 Å². The molecule has 2 unspecified atom stereocenters. The van der Waals surface area contributed by atoms with Crippen LogP contribution in [0.4, 0.5) is 0 Å². The maximum atomic E-state index is 2.52. The Morgan fingerprint density at radius 2 is 1.06 bits per heavy atom. The van der Waals surface area contributed by atoms with Crippen LogP contribution in [0.1, 0.15) is 30.0 Å². The van der Waals surface area contributed by atoms with Gasteiger partial charge in [0.15, 0.2) is 0 Å². The van der Waals surface area contributed by atoms with Gasteiger partial charge in [-0.3, -0.25) is 0 Å². The quantitative estimate of drug-likeness (QED) is 0.167. The van der Waals surface area contributed by atoms with Crippen molar-refractivity contribution in [2.75, 3.05) is 0 Å². The van der Waals surface area contributed by atoms with Crippen molar-refractivity contribution in [3.8, 4) is 55.9 Å². The molecule has 2 aromatic heterocycles. The summed E-state index contributed by atoms with van der Waals surface area (Å²) in [5.41, 5.74) is 22.4. The van der Waals surface area contributed by atoms with Crippen molar-refractivity contribution in [3.63, 3.8) is 0 Å². The molecule has 3 heterocycles. The second-order valence-electron chi connectivity index (χ2n) is 19.2. The number of para-hydroxylation sites is 3. The normalized spacial score (nSPS) is 16.8. The minimum Gasteiger partial charge on any atom is -0.309 e. The van der Waals surface area contributed by atoms with Gasteiger partial charge >= 0.3 is 0 Å². The molecule has 15 rings (SSSR count). The highest BCUT2D eigenvalue weighted by atomic mass is 15.0. The molecule has 0 saturated heterocycles. The zero-order valence-corrected chi connectivity index (χ0v) is 37.6. The molecule has 2 heteroatoms. The number of aromatic nitrogens is 2. The highest BCUT2D eigenvalue weighted by molar-refractivity contribution is 6.19. The van der Waals surface area contributed by atoms with Crippen LogP contribution in [0.3, 0.4) is 0 Å². The lowest BCUT2D eigenvalue weighted by atomic mass is 9.63. The second kappa shape index (κ2) is 14.0. The summed E-state index contributed by atoms with van der Waals surface area (Å²) in [5, 5.41) is 7.53. The van der Waals surface area contributed by atoms with E-state index >= 15 is 0 Å². The number of hydrogen-bond acceptors (Lipinski definition) is 0. The van der Waals surface area contributed by atoms with Crippen molar-refractivity contribution in [2.45, 2.75) is 18.8 Å². The van der Waals surface area contributed by atoms with E-state index in [-0.39, 0.29) is 0 Å². The molecule has 68 heavy (non-hydrogen) atoms. The number of rotatable bonds is 4. The topological polar surface area (TPSA) is 9.86 Å². The molecular formula is C66H44N2. The molecule has 2 atom stereocenters. The molecule has 0 spiro atoms. The van der Waals surface area contributed by atoms with Crippen LogP contribution in [0.15, 0.2) is 236 Å². The third-order valence-electron chi connectivity index (χ3n) is 15.7. The fourth-order valence-corrected chi connectivity index (χ4v) is 12.9. The van der Waals surface area contributed by atoms with Crippen molar-refractivity contribution in [3.05, 3.63) is 253 Å². The highest BCUT2D eigenvalue weighted by Crippen LogP contribution is 2.59. The second-order valence-corrected chi connectivity index (χ2v) is 19.2. The van der Waals surface area contributed by atoms with E-state index in [1.54, 1.807) is 0 Å². The van der Waals surface area contributed by atoms with Crippen LogP contribution >= 0.6 is 0 Å². The lowest BCUT2D eigenvalue weighted by molar-refractivity contribution is 0.576. The van der Waals surface area contributed by atoms with Gasteiger partial charge in [0.25, 0.3) is 0 Å². The molecule has 2 aliphatic carbocycles. The third-order valence-corrected chi connectivity index (χ3v) is 15.7. The summed E-state index contributed by atoms with van der Waals surface area (Å²) in [5.74, 6) is 0.382. The summed E-state index contributed by atoms with van der Waals surface area (Å²) in [4.78, 5) is 0. The van der Waals surface area contributed by atoms with Crippen LogP contribution in [0.2, 0.25) is 0 Å². The van der Waals surface area contributed by atoms with Gasteiger partial charge in [-0.25, -0.2) is 0 Å². The van der Waals surface area contributed by atoms with E-state index in [0.29, 0.717) is 5.92 Å². The molecule has 0 saturated carbocycles. The Labute approximate surface area is 395 Å². The molecule has 0 radical (unpaired) electrons. The Kier molecular flexibility index (Phi) is 7.78. The summed E-state index contributed by atoms with van der Waals surface area (Å²) in [6.07, 6.45) is 8.04. The molecule has 3 aliphatic rings. The third kappa shape index (κ3) is 5.01. The van der Waals surface area contributed by atoms with E-state index in [2.05, 4.69) is 247 Å². The van der Waals surface area contributed by atoms with E-state index < -0.39 is 5.41 Å².